The Kier molecular flexibility index (Phi) is 3.82. The molecule has 0 heterocycles. The van der Waals surface area contributed by atoms with Crippen LogP contribution in [0.4, 0.5) is 0 Å². The molecule has 0 amide bonds. The SMILES string of the molecule is C[C@H](NS(=O)(=O)c1ccccc1Cl)[C@H]1C[C@H]2CC[C@H]1C2. The number of fused-ring (bicyclic) bond motifs is 2. The maximum Gasteiger partial charge on any atom is 0.242 e. The van der Waals surface area contributed by atoms with Gasteiger partial charge in [0.25, 0.3) is 0 Å². The van der Waals surface area contributed by atoms with Gasteiger partial charge in [-0.1, -0.05) is 30.2 Å². The van der Waals surface area contributed by atoms with E-state index in [1.54, 1.807) is 24.3 Å². The fourth-order valence-corrected chi connectivity index (χ4v) is 5.78. The van der Waals surface area contributed by atoms with Crippen molar-refractivity contribution in [2.45, 2.75) is 43.5 Å². The fraction of sp³-hybridized carbons (Fsp3) is 0.600. The first kappa shape index (κ1) is 14.4. The lowest BCUT2D eigenvalue weighted by Gasteiger charge is -2.28. The molecule has 2 bridgehead atoms. The first-order valence-electron chi connectivity index (χ1n) is 7.24. The zero-order valence-electron chi connectivity index (χ0n) is 11.5. The van der Waals surface area contributed by atoms with Crippen LogP contribution in [0.1, 0.15) is 32.6 Å². The number of hydrogen-bond acceptors (Lipinski definition) is 2. The Morgan fingerprint density at radius 3 is 2.60 bits per heavy atom. The summed E-state index contributed by atoms with van der Waals surface area (Å²) in [6.07, 6.45) is 5.03. The lowest BCUT2D eigenvalue weighted by atomic mass is 9.84. The van der Waals surface area contributed by atoms with Gasteiger partial charge in [-0.05, 0) is 56.1 Å². The Labute approximate surface area is 125 Å². The molecule has 0 spiro atoms. The van der Waals surface area contributed by atoms with Gasteiger partial charge in [-0.3, -0.25) is 0 Å². The summed E-state index contributed by atoms with van der Waals surface area (Å²) in [5.74, 6) is 1.99. The molecule has 2 aliphatic carbocycles. The summed E-state index contributed by atoms with van der Waals surface area (Å²) < 4.78 is 27.7. The molecular weight excluding hydrogens is 294 g/mol. The van der Waals surface area contributed by atoms with Gasteiger partial charge in [0, 0.05) is 6.04 Å². The van der Waals surface area contributed by atoms with Crippen LogP contribution in [-0.4, -0.2) is 14.5 Å². The van der Waals surface area contributed by atoms with E-state index in [0.29, 0.717) is 11.8 Å². The van der Waals surface area contributed by atoms with Gasteiger partial charge in [0.05, 0.1) is 5.02 Å². The van der Waals surface area contributed by atoms with E-state index in [1.165, 1.54) is 19.3 Å². The molecule has 2 aliphatic rings. The highest BCUT2D eigenvalue weighted by atomic mass is 35.5. The van der Waals surface area contributed by atoms with Gasteiger partial charge in [-0.2, -0.15) is 0 Å². The highest BCUT2D eigenvalue weighted by Gasteiger charge is 2.42. The Hall–Kier alpha value is -0.580. The minimum Gasteiger partial charge on any atom is -0.208 e. The Bertz CT molecular complexity index is 602. The van der Waals surface area contributed by atoms with Gasteiger partial charge < -0.3 is 0 Å². The van der Waals surface area contributed by atoms with E-state index in [0.717, 1.165) is 12.3 Å². The smallest absolute Gasteiger partial charge is 0.208 e. The monoisotopic (exact) mass is 313 g/mol. The fourth-order valence-electron chi connectivity index (χ4n) is 3.96. The van der Waals surface area contributed by atoms with Gasteiger partial charge in [-0.25, -0.2) is 13.1 Å². The number of nitrogens with one attached hydrogen (secondary N) is 1. The lowest BCUT2D eigenvalue weighted by Crippen LogP contribution is -2.40. The van der Waals surface area contributed by atoms with Crippen LogP contribution >= 0.6 is 11.6 Å². The van der Waals surface area contributed by atoms with E-state index in [-0.39, 0.29) is 16.0 Å². The minimum atomic E-state index is -3.53. The third kappa shape index (κ3) is 2.61. The number of benzene rings is 1. The Balaban J connectivity index is 1.75. The Morgan fingerprint density at radius 1 is 1.25 bits per heavy atom. The van der Waals surface area contributed by atoms with E-state index >= 15 is 0 Å². The largest absolute Gasteiger partial charge is 0.242 e. The second-order valence-electron chi connectivity index (χ2n) is 6.18. The van der Waals surface area contributed by atoms with Crippen molar-refractivity contribution in [3.8, 4) is 0 Å². The summed E-state index contributed by atoms with van der Waals surface area (Å²) in [7, 11) is -3.53. The van der Waals surface area contributed by atoms with Gasteiger partial charge in [-0.15, -0.1) is 0 Å². The first-order valence-corrected chi connectivity index (χ1v) is 9.10. The lowest BCUT2D eigenvalue weighted by molar-refractivity contribution is 0.280. The molecule has 0 aliphatic heterocycles. The minimum absolute atomic E-state index is 0.0217. The third-order valence-electron chi connectivity index (χ3n) is 4.90. The molecule has 5 heteroatoms. The second-order valence-corrected chi connectivity index (χ2v) is 8.27. The van der Waals surface area contributed by atoms with Crippen molar-refractivity contribution >= 4 is 21.6 Å². The number of halogens is 1. The maximum absolute atomic E-state index is 12.4. The predicted molar refractivity (Wildman–Crippen MR) is 80.2 cm³/mol. The summed E-state index contributed by atoms with van der Waals surface area (Å²) in [4.78, 5) is 0.177. The van der Waals surface area contributed by atoms with Crippen LogP contribution in [0.5, 0.6) is 0 Å². The van der Waals surface area contributed by atoms with E-state index in [9.17, 15) is 8.42 Å². The molecule has 110 valence electrons. The van der Waals surface area contributed by atoms with E-state index < -0.39 is 10.0 Å². The highest BCUT2D eigenvalue weighted by Crippen LogP contribution is 2.49. The van der Waals surface area contributed by atoms with E-state index in [4.69, 9.17) is 11.6 Å². The first-order chi connectivity index (χ1) is 9.47. The summed E-state index contributed by atoms with van der Waals surface area (Å²) in [5, 5.41) is 0.278. The zero-order valence-corrected chi connectivity index (χ0v) is 13.1. The van der Waals surface area contributed by atoms with Crippen molar-refractivity contribution in [3.05, 3.63) is 29.3 Å². The van der Waals surface area contributed by atoms with E-state index in [2.05, 4.69) is 4.72 Å². The predicted octanol–water partition coefficient (Wildman–Crippen LogP) is 3.44. The molecule has 3 nitrogen and oxygen atoms in total. The standard InChI is InChI=1S/C15H20ClNO2S/c1-10(13-9-11-6-7-12(13)8-11)17-20(18,19)15-5-3-2-4-14(15)16/h2-5,10-13,17H,6-9H2,1H3/t10-,11-,12-,13+/m0/s1. The average molecular weight is 314 g/mol. The third-order valence-corrected chi connectivity index (χ3v) is 6.96. The van der Waals surface area contributed by atoms with Crippen LogP contribution in [0.2, 0.25) is 5.02 Å². The summed E-state index contributed by atoms with van der Waals surface area (Å²) >= 11 is 6.00. The van der Waals surface area contributed by atoms with E-state index in [1.807, 2.05) is 6.92 Å². The average Bonchev–Trinajstić information content (AvgIpc) is 3.00. The number of hydrogen-bond donors (Lipinski definition) is 1. The molecule has 1 aromatic carbocycles. The van der Waals surface area contributed by atoms with Crippen molar-refractivity contribution in [3.63, 3.8) is 0 Å². The van der Waals surface area contributed by atoms with Gasteiger partial charge >= 0.3 is 0 Å². The normalized spacial score (nSPS) is 30.6. The molecule has 2 fully saturated rings. The summed E-state index contributed by atoms with van der Waals surface area (Å²) in [6, 6.07) is 6.58. The van der Waals surface area contributed by atoms with Gasteiger partial charge in [0.1, 0.15) is 4.90 Å². The van der Waals surface area contributed by atoms with Crippen molar-refractivity contribution in [1.82, 2.24) is 4.72 Å². The van der Waals surface area contributed by atoms with Crippen LogP contribution in [-0.2, 0) is 10.0 Å². The quantitative estimate of drug-likeness (QED) is 0.925. The highest BCUT2D eigenvalue weighted by molar-refractivity contribution is 7.89. The topological polar surface area (TPSA) is 46.2 Å². The summed E-state index contributed by atoms with van der Waals surface area (Å²) in [5.41, 5.74) is 0. The van der Waals surface area contributed by atoms with Crippen molar-refractivity contribution in [1.29, 1.82) is 0 Å². The molecule has 20 heavy (non-hydrogen) atoms. The molecule has 0 saturated heterocycles. The zero-order chi connectivity index (χ0) is 14.3. The van der Waals surface area contributed by atoms with Crippen LogP contribution in [0, 0.1) is 17.8 Å². The summed E-state index contributed by atoms with van der Waals surface area (Å²) in [6.45, 7) is 1.99. The molecule has 0 aromatic heterocycles. The van der Waals surface area contributed by atoms with Crippen LogP contribution in [0.15, 0.2) is 29.2 Å². The van der Waals surface area contributed by atoms with Crippen LogP contribution < -0.4 is 4.72 Å². The molecule has 0 unspecified atom stereocenters. The van der Waals surface area contributed by atoms with Gasteiger partial charge in [0.2, 0.25) is 10.0 Å². The molecule has 2 saturated carbocycles. The second kappa shape index (κ2) is 5.32. The number of rotatable bonds is 4. The molecule has 4 atom stereocenters. The van der Waals surface area contributed by atoms with Crippen LogP contribution in [0.3, 0.4) is 0 Å². The Morgan fingerprint density at radius 2 is 2.00 bits per heavy atom. The van der Waals surface area contributed by atoms with Crippen molar-refractivity contribution in [2.24, 2.45) is 17.8 Å². The number of sulfonamides is 1. The molecule has 1 N–H and O–H groups in total. The van der Waals surface area contributed by atoms with Gasteiger partial charge in [0.15, 0.2) is 0 Å². The molecule has 3 rings (SSSR count). The van der Waals surface area contributed by atoms with Crippen LogP contribution in [0.25, 0.3) is 0 Å². The van der Waals surface area contributed by atoms with Crippen molar-refractivity contribution < 1.29 is 8.42 Å². The van der Waals surface area contributed by atoms with Crippen molar-refractivity contribution in [2.75, 3.05) is 0 Å². The maximum atomic E-state index is 12.4. The molecule has 0 radical (unpaired) electrons. The molecular formula is C15H20ClNO2S. The molecule has 1 aromatic rings.